The van der Waals surface area contributed by atoms with E-state index in [9.17, 15) is 0 Å². The minimum atomic E-state index is 0.514. The zero-order valence-corrected chi connectivity index (χ0v) is 10.4. The van der Waals surface area contributed by atoms with Crippen LogP contribution in [0.5, 0.6) is 0 Å². The van der Waals surface area contributed by atoms with Gasteiger partial charge in [-0.3, -0.25) is 0 Å². The van der Waals surface area contributed by atoms with E-state index in [0.29, 0.717) is 6.04 Å². The van der Waals surface area contributed by atoms with Crippen LogP contribution in [0.15, 0.2) is 54.6 Å². The number of fused-ring (bicyclic) bond motifs is 1. The first-order chi connectivity index (χ1) is 8.92. The molecule has 0 saturated carbocycles. The van der Waals surface area contributed by atoms with Crippen molar-refractivity contribution >= 4 is 5.69 Å². The van der Waals surface area contributed by atoms with Crippen LogP contribution in [0.2, 0.25) is 0 Å². The van der Waals surface area contributed by atoms with E-state index in [1.165, 1.54) is 16.8 Å². The third kappa shape index (κ3) is 2.54. The van der Waals surface area contributed by atoms with Crippen LogP contribution in [0.1, 0.15) is 11.1 Å². The molecule has 0 saturated heterocycles. The van der Waals surface area contributed by atoms with Crippen molar-refractivity contribution in [1.82, 2.24) is 5.32 Å². The molecular weight excluding hydrogens is 220 g/mol. The highest BCUT2D eigenvalue weighted by Gasteiger charge is 2.16. The Labute approximate surface area is 108 Å². The summed E-state index contributed by atoms with van der Waals surface area (Å²) in [5.41, 5.74) is 4.11. The van der Waals surface area contributed by atoms with Crippen LogP contribution in [-0.2, 0) is 13.0 Å². The molecule has 2 aromatic carbocycles. The Balaban J connectivity index is 1.60. The zero-order chi connectivity index (χ0) is 12.2. The van der Waals surface area contributed by atoms with Crippen LogP contribution in [0, 0.1) is 0 Å². The highest BCUT2D eigenvalue weighted by molar-refractivity contribution is 5.42. The van der Waals surface area contributed by atoms with Crippen molar-refractivity contribution in [3.8, 4) is 0 Å². The highest BCUT2D eigenvalue weighted by Crippen LogP contribution is 2.16. The quantitative estimate of drug-likeness (QED) is 0.859. The van der Waals surface area contributed by atoms with E-state index >= 15 is 0 Å². The van der Waals surface area contributed by atoms with E-state index in [-0.39, 0.29) is 0 Å². The molecule has 0 amide bonds. The topological polar surface area (TPSA) is 24.1 Å². The molecule has 2 aromatic rings. The lowest BCUT2D eigenvalue weighted by Gasteiger charge is -2.26. The second-order valence-electron chi connectivity index (χ2n) is 4.80. The number of anilines is 1. The lowest BCUT2D eigenvalue weighted by atomic mass is 9.96. The van der Waals surface area contributed by atoms with Crippen LogP contribution in [0.3, 0.4) is 0 Å². The molecule has 0 aliphatic carbocycles. The van der Waals surface area contributed by atoms with E-state index in [4.69, 9.17) is 0 Å². The smallest absolute Gasteiger partial charge is 0.0340 e. The van der Waals surface area contributed by atoms with E-state index < -0.39 is 0 Å². The molecule has 18 heavy (non-hydrogen) atoms. The Hall–Kier alpha value is -1.80. The van der Waals surface area contributed by atoms with Gasteiger partial charge in [0.05, 0.1) is 0 Å². The fourth-order valence-electron chi connectivity index (χ4n) is 2.46. The van der Waals surface area contributed by atoms with Gasteiger partial charge in [-0.1, -0.05) is 42.5 Å². The number of nitrogens with one attached hydrogen (secondary N) is 2. The molecule has 1 atom stereocenters. The van der Waals surface area contributed by atoms with Crippen LogP contribution >= 0.6 is 0 Å². The monoisotopic (exact) mass is 238 g/mol. The summed E-state index contributed by atoms with van der Waals surface area (Å²) >= 11 is 0. The number of hydrogen-bond acceptors (Lipinski definition) is 2. The van der Waals surface area contributed by atoms with Gasteiger partial charge in [0, 0.05) is 24.8 Å². The predicted octanol–water partition coefficient (Wildman–Crippen LogP) is 2.81. The van der Waals surface area contributed by atoms with Gasteiger partial charge in [0.1, 0.15) is 0 Å². The van der Waals surface area contributed by atoms with Crippen molar-refractivity contribution < 1.29 is 0 Å². The molecular formula is C16H18N2. The molecule has 3 rings (SSSR count). The van der Waals surface area contributed by atoms with Gasteiger partial charge < -0.3 is 10.6 Å². The van der Waals surface area contributed by atoms with Crippen LogP contribution < -0.4 is 10.6 Å². The minimum Gasteiger partial charge on any atom is -0.383 e. The van der Waals surface area contributed by atoms with Gasteiger partial charge in [0.25, 0.3) is 0 Å². The average Bonchev–Trinajstić information content (AvgIpc) is 2.46. The highest BCUT2D eigenvalue weighted by atomic mass is 15.0. The Bertz CT molecular complexity index is 508. The molecule has 1 unspecified atom stereocenters. The van der Waals surface area contributed by atoms with Crippen molar-refractivity contribution in [3.05, 3.63) is 65.7 Å². The largest absolute Gasteiger partial charge is 0.383 e. The number of benzene rings is 2. The zero-order valence-electron chi connectivity index (χ0n) is 10.4. The first-order valence-electron chi connectivity index (χ1n) is 6.51. The lowest BCUT2D eigenvalue weighted by Crippen LogP contribution is -2.40. The first kappa shape index (κ1) is 11.3. The van der Waals surface area contributed by atoms with E-state index in [1.54, 1.807) is 0 Å². The number of rotatable bonds is 3. The molecule has 2 nitrogen and oxygen atoms in total. The summed E-state index contributed by atoms with van der Waals surface area (Å²) in [5, 5.41) is 7.07. The molecule has 0 aromatic heterocycles. The number of para-hydroxylation sites is 1. The molecule has 0 spiro atoms. The summed E-state index contributed by atoms with van der Waals surface area (Å²) in [6.07, 6.45) is 1.11. The second kappa shape index (κ2) is 5.23. The van der Waals surface area contributed by atoms with Crippen molar-refractivity contribution in [2.24, 2.45) is 0 Å². The van der Waals surface area contributed by atoms with Gasteiger partial charge in [-0.05, 0) is 29.7 Å². The van der Waals surface area contributed by atoms with Gasteiger partial charge in [-0.2, -0.15) is 0 Å². The third-order valence-corrected chi connectivity index (χ3v) is 3.49. The Morgan fingerprint density at radius 1 is 0.944 bits per heavy atom. The molecule has 92 valence electrons. The molecule has 1 heterocycles. The fourth-order valence-corrected chi connectivity index (χ4v) is 2.46. The molecule has 2 N–H and O–H groups in total. The molecule has 0 fully saturated rings. The number of hydrogen-bond donors (Lipinski definition) is 2. The van der Waals surface area contributed by atoms with Crippen molar-refractivity contribution in [3.63, 3.8) is 0 Å². The SMILES string of the molecule is c1ccc(NCC2Cc3ccccc3CN2)cc1. The van der Waals surface area contributed by atoms with Gasteiger partial charge in [-0.15, -0.1) is 0 Å². The van der Waals surface area contributed by atoms with E-state index in [1.807, 2.05) is 6.07 Å². The van der Waals surface area contributed by atoms with Gasteiger partial charge in [-0.25, -0.2) is 0 Å². The van der Waals surface area contributed by atoms with Crippen LogP contribution in [0.25, 0.3) is 0 Å². The lowest BCUT2D eigenvalue weighted by molar-refractivity contribution is 0.497. The summed E-state index contributed by atoms with van der Waals surface area (Å²) in [4.78, 5) is 0. The van der Waals surface area contributed by atoms with Crippen molar-refractivity contribution in [2.45, 2.75) is 19.0 Å². The summed E-state index contributed by atoms with van der Waals surface area (Å²) in [7, 11) is 0. The second-order valence-corrected chi connectivity index (χ2v) is 4.80. The maximum atomic E-state index is 3.58. The molecule has 0 bridgehead atoms. The summed E-state index contributed by atoms with van der Waals surface area (Å²) in [6.45, 7) is 1.95. The predicted molar refractivity (Wildman–Crippen MR) is 75.7 cm³/mol. The third-order valence-electron chi connectivity index (χ3n) is 3.49. The maximum Gasteiger partial charge on any atom is 0.0340 e. The molecule has 1 aliphatic rings. The Kier molecular flexibility index (Phi) is 3.29. The minimum absolute atomic E-state index is 0.514. The summed E-state index contributed by atoms with van der Waals surface area (Å²) in [6, 6.07) is 19.6. The van der Waals surface area contributed by atoms with Crippen molar-refractivity contribution in [1.29, 1.82) is 0 Å². The van der Waals surface area contributed by atoms with Crippen molar-refractivity contribution in [2.75, 3.05) is 11.9 Å². The van der Waals surface area contributed by atoms with Crippen LogP contribution in [-0.4, -0.2) is 12.6 Å². The Morgan fingerprint density at radius 2 is 1.67 bits per heavy atom. The Morgan fingerprint density at radius 3 is 2.50 bits per heavy atom. The fraction of sp³-hybridized carbons (Fsp3) is 0.250. The average molecular weight is 238 g/mol. The van der Waals surface area contributed by atoms with E-state index in [0.717, 1.165) is 19.5 Å². The normalized spacial score (nSPS) is 18.1. The summed E-state index contributed by atoms with van der Waals surface area (Å²) < 4.78 is 0. The molecule has 2 heteroatoms. The first-order valence-corrected chi connectivity index (χ1v) is 6.51. The molecule has 1 aliphatic heterocycles. The summed E-state index contributed by atoms with van der Waals surface area (Å²) in [5.74, 6) is 0. The van der Waals surface area contributed by atoms with Gasteiger partial charge in [0.2, 0.25) is 0 Å². The standard InChI is InChI=1S/C16H18N2/c1-2-8-15(9-3-1)18-12-16-10-13-6-4-5-7-14(13)11-17-16/h1-9,16-18H,10-12H2. The maximum absolute atomic E-state index is 3.58. The van der Waals surface area contributed by atoms with Gasteiger partial charge in [0.15, 0.2) is 0 Å². The molecule has 0 radical (unpaired) electrons. The van der Waals surface area contributed by atoms with Crippen LogP contribution in [0.4, 0.5) is 5.69 Å². The van der Waals surface area contributed by atoms with Gasteiger partial charge >= 0.3 is 0 Å². The van der Waals surface area contributed by atoms with E-state index in [2.05, 4.69) is 59.2 Å².